The summed E-state index contributed by atoms with van der Waals surface area (Å²) in [5.41, 5.74) is 6.61. The molecule has 0 unspecified atom stereocenters. The van der Waals surface area contributed by atoms with Gasteiger partial charge in [-0.25, -0.2) is 4.98 Å². The number of pyridine rings is 1. The zero-order valence-corrected chi connectivity index (χ0v) is 11.7. The third kappa shape index (κ3) is 2.09. The molecule has 0 fully saturated rings. The van der Waals surface area contributed by atoms with E-state index in [0.717, 1.165) is 16.9 Å². The van der Waals surface area contributed by atoms with Crippen molar-refractivity contribution in [1.82, 2.24) is 9.38 Å². The van der Waals surface area contributed by atoms with Crippen LogP contribution >= 0.6 is 0 Å². The maximum Gasteiger partial charge on any atom is 0.137 e. The quantitative estimate of drug-likeness (QED) is 0.677. The van der Waals surface area contributed by atoms with Crippen molar-refractivity contribution in [1.29, 1.82) is 5.26 Å². The Bertz CT molecular complexity index is 868. The van der Waals surface area contributed by atoms with Crippen molar-refractivity contribution in [3.8, 4) is 17.3 Å². The first-order valence-electron chi connectivity index (χ1n) is 7.34. The van der Waals surface area contributed by atoms with Gasteiger partial charge in [-0.3, -0.25) is 0 Å². The molecule has 4 rings (SSSR count). The number of hydrogen-bond donors (Lipinski definition) is 0. The number of aryl methyl sites for hydroxylation is 2. The predicted octanol–water partition coefficient (Wildman–Crippen LogP) is 3.75. The van der Waals surface area contributed by atoms with E-state index in [1.807, 2.05) is 22.9 Å². The minimum absolute atomic E-state index is 0.650. The fraction of sp³-hybridized carbons (Fsp3) is 0.222. The first-order chi connectivity index (χ1) is 10.3. The molecule has 1 aromatic carbocycles. The van der Waals surface area contributed by atoms with Gasteiger partial charge in [-0.15, -0.1) is 0 Å². The van der Waals surface area contributed by atoms with Gasteiger partial charge >= 0.3 is 0 Å². The monoisotopic (exact) mass is 273 g/mol. The van der Waals surface area contributed by atoms with E-state index in [4.69, 9.17) is 5.26 Å². The van der Waals surface area contributed by atoms with Crippen LogP contribution in [0.25, 0.3) is 16.9 Å². The molecule has 0 amide bonds. The highest BCUT2D eigenvalue weighted by atomic mass is 15.0. The van der Waals surface area contributed by atoms with Crippen LogP contribution in [0.5, 0.6) is 0 Å². The summed E-state index contributed by atoms with van der Waals surface area (Å²) in [5.74, 6) is 0. The van der Waals surface area contributed by atoms with Gasteiger partial charge in [-0.05, 0) is 55.0 Å². The smallest absolute Gasteiger partial charge is 0.137 e. The number of nitrogens with zero attached hydrogens (tertiary/aromatic N) is 3. The van der Waals surface area contributed by atoms with Gasteiger partial charge in [0.05, 0.1) is 11.3 Å². The molecule has 1 aliphatic carbocycles. The number of nitriles is 1. The van der Waals surface area contributed by atoms with Crippen LogP contribution in [0.2, 0.25) is 0 Å². The second-order valence-electron chi connectivity index (χ2n) is 5.61. The summed E-state index contributed by atoms with van der Waals surface area (Å²) in [6.45, 7) is 0. The molecule has 0 saturated carbocycles. The second-order valence-corrected chi connectivity index (χ2v) is 5.61. The number of benzene rings is 1. The molecule has 0 aliphatic heterocycles. The average molecular weight is 273 g/mol. The van der Waals surface area contributed by atoms with Gasteiger partial charge in [0, 0.05) is 18.0 Å². The molecule has 21 heavy (non-hydrogen) atoms. The van der Waals surface area contributed by atoms with E-state index in [-0.39, 0.29) is 0 Å². The summed E-state index contributed by atoms with van der Waals surface area (Å²) in [7, 11) is 0. The van der Waals surface area contributed by atoms with E-state index >= 15 is 0 Å². The van der Waals surface area contributed by atoms with Crippen LogP contribution in [0.3, 0.4) is 0 Å². The zero-order chi connectivity index (χ0) is 14.2. The van der Waals surface area contributed by atoms with Crippen LogP contribution in [0, 0.1) is 11.3 Å². The van der Waals surface area contributed by atoms with Crippen LogP contribution in [-0.2, 0) is 12.8 Å². The predicted molar refractivity (Wildman–Crippen MR) is 82.0 cm³/mol. The summed E-state index contributed by atoms with van der Waals surface area (Å²) in [6.07, 6.45) is 8.79. The van der Waals surface area contributed by atoms with Crippen molar-refractivity contribution in [2.24, 2.45) is 0 Å². The molecule has 0 spiro atoms. The van der Waals surface area contributed by atoms with Crippen LogP contribution in [0.15, 0.2) is 42.7 Å². The molecule has 102 valence electrons. The number of fused-ring (bicyclic) bond motifs is 2. The highest BCUT2D eigenvalue weighted by molar-refractivity contribution is 5.64. The molecular formula is C18H15N3. The third-order valence-electron chi connectivity index (χ3n) is 4.22. The average Bonchev–Trinajstić information content (AvgIpc) is 2.97. The Morgan fingerprint density at radius 2 is 1.86 bits per heavy atom. The molecule has 3 aromatic rings. The standard InChI is InChI=1S/C18H15N3/c19-10-13-5-8-18-20-17(12-21(18)11-13)16-7-6-14-3-1-2-4-15(14)9-16/h5-9,11-12H,1-4H2. The highest BCUT2D eigenvalue weighted by Crippen LogP contribution is 2.27. The van der Waals surface area contributed by atoms with Crippen LogP contribution in [-0.4, -0.2) is 9.38 Å². The maximum absolute atomic E-state index is 8.97. The van der Waals surface area contributed by atoms with E-state index in [0.29, 0.717) is 5.56 Å². The molecule has 0 atom stereocenters. The molecule has 0 radical (unpaired) electrons. The number of hydrogen-bond acceptors (Lipinski definition) is 2. The Hall–Kier alpha value is -2.60. The van der Waals surface area contributed by atoms with Crippen molar-refractivity contribution >= 4 is 5.65 Å². The van der Waals surface area contributed by atoms with Gasteiger partial charge in [-0.1, -0.05) is 12.1 Å². The van der Waals surface area contributed by atoms with Crippen LogP contribution in [0.1, 0.15) is 29.5 Å². The van der Waals surface area contributed by atoms with E-state index in [9.17, 15) is 0 Å². The SMILES string of the molecule is N#Cc1ccc2nc(-c3ccc4c(c3)CCCC4)cn2c1. The Labute approximate surface area is 123 Å². The fourth-order valence-electron chi connectivity index (χ4n) is 3.09. The minimum atomic E-state index is 0.650. The Morgan fingerprint density at radius 1 is 1.00 bits per heavy atom. The topological polar surface area (TPSA) is 41.1 Å². The Balaban J connectivity index is 1.81. The lowest BCUT2D eigenvalue weighted by atomic mass is 9.90. The first kappa shape index (κ1) is 12.2. The van der Waals surface area contributed by atoms with Gasteiger partial charge in [0.15, 0.2) is 0 Å². The Kier molecular flexibility index (Phi) is 2.75. The van der Waals surface area contributed by atoms with Gasteiger partial charge < -0.3 is 4.40 Å². The molecular weight excluding hydrogens is 258 g/mol. The number of imidazole rings is 1. The lowest BCUT2D eigenvalue weighted by Crippen LogP contribution is -2.02. The maximum atomic E-state index is 8.97. The molecule has 0 N–H and O–H groups in total. The van der Waals surface area contributed by atoms with Crippen molar-refractivity contribution in [2.45, 2.75) is 25.7 Å². The fourth-order valence-corrected chi connectivity index (χ4v) is 3.09. The molecule has 3 nitrogen and oxygen atoms in total. The highest BCUT2D eigenvalue weighted by Gasteiger charge is 2.11. The van der Waals surface area contributed by atoms with Crippen molar-refractivity contribution in [3.05, 3.63) is 59.4 Å². The summed E-state index contributed by atoms with van der Waals surface area (Å²) in [6, 6.07) is 12.5. The van der Waals surface area contributed by atoms with Gasteiger partial charge in [0.2, 0.25) is 0 Å². The van der Waals surface area contributed by atoms with E-state index in [1.54, 1.807) is 6.07 Å². The summed E-state index contributed by atoms with van der Waals surface area (Å²) in [5, 5.41) is 8.97. The van der Waals surface area contributed by atoms with Crippen molar-refractivity contribution < 1.29 is 0 Å². The Morgan fingerprint density at radius 3 is 2.71 bits per heavy atom. The molecule has 1 aliphatic rings. The lowest BCUT2D eigenvalue weighted by Gasteiger charge is -2.15. The van der Waals surface area contributed by atoms with E-state index in [2.05, 4.69) is 29.3 Å². The van der Waals surface area contributed by atoms with Crippen LogP contribution < -0.4 is 0 Å². The second kappa shape index (κ2) is 4.75. The lowest BCUT2D eigenvalue weighted by molar-refractivity contribution is 0.686. The normalized spacial score (nSPS) is 13.9. The first-order valence-corrected chi connectivity index (χ1v) is 7.34. The largest absolute Gasteiger partial charge is 0.305 e. The minimum Gasteiger partial charge on any atom is -0.305 e. The third-order valence-corrected chi connectivity index (χ3v) is 4.22. The number of rotatable bonds is 1. The summed E-state index contributed by atoms with van der Waals surface area (Å²) >= 11 is 0. The zero-order valence-electron chi connectivity index (χ0n) is 11.7. The van der Waals surface area contributed by atoms with Gasteiger partial charge in [-0.2, -0.15) is 5.26 Å². The summed E-state index contributed by atoms with van der Waals surface area (Å²) < 4.78 is 1.92. The van der Waals surface area contributed by atoms with Crippen molar-refractivity contribution in [3.63, 3.8) is 0 Å². The van der Waals surface area contributed by atoms with Gasteiger partial charge in [0.25, 0.3) is 0 Å². The molecule has 0 saturated heterocycles. The molecule has 2 heterocycles. The molecule has 2 aromatic heterocycles. The van der Waals surface area contributed by atoms with E-state index in [1.165, 1.54) is 36.8 Å². The summed E-state index contributed by atoms with van der Waals surface area (Å²) in [4.78, 5) is 4.66. The van der Waals surface area contributed by atoms with Crippen LogP contribution in [0.4, 0.5) is 0 Å². The van der Waals surface area contributed by atoms with Gasteiger partial charge in [0.1, 0.15) is 11.7 Å². The molecule has 3 heteroatoms. The number of aromatic nitrogens is 2. The molecule has 0 bridgehead atoms. The van der Waals surface area contributed by atoms with E-state index < -0.39 is 0 Å². The van der Waals surface area contributed by atoms with Crippen molar-refractivity contribution in [2.75, 3.05) is 0 Å².